The van der Waals surface area contributed by atoms with E-state index in [1.807, 2.05) is 11.5 Å². The number of halogens is 2. The molecule has 0 bridgehead atoms. The Hall–Kier alpha value is -1.54. The Labute approximate surface area is 182 Å². The van der Waals surface area contributed by atoms with Gasteiger partial charge >= 0.3 is 0 Å². The highest BCUT2D eigenvalue weighted by atomic mass is 35.5. The predicted molar refractivity (Wildman–Crippen MR) is 119 cm³/mol. The molecule has 3 aromatic rings. The fourth-order valence-corrected chi connectivity index (χ4v) is 4.79. The molecule has 28 heavy (non-hydrogen) atoms. The maximum absolute atomic E-state index is 12.3. The summed E-state index contributed by atoms with van der Waals surface area (Å²) in [6.07, 6.45) is 2.19. The number of amides is 1. The summed E-state index contributed by atoms with van der Waals surface area (Å²) in [5.74, 6) is 0.857. The van der Waals surface area contributed by atoms with Crippen molar-refractivity contribution in [3.05, 3.63) is 44.6 Å². The van der Waals surface area contributed by atoms with Gasteiger partial charge in [0.15, 0.2) is 11.0 Å². The second-order valence-electron chi connectivity index (χ2n) is 6.06. The van der Waals surface area contributed by atoms with Gasteiger partial charge in [0, 0.05) is 27.4 Å². The fourth-order valence-electron chi connectivity index (χ4n) is 2.68. The highest BCUT2D eigenvalue weighted by Crippen LogP contribution is 2.29. The zero-order valence-electron chi connectivity index (χ0n) is 15.5. The first-order valence-electron chi connectivity index (χ1n) is 8.90. The maximum Gasteiger partial charge on any atom is 0.234 e. The normalized spacial score (nSPS) is 11.0. The van der Waals surface area contributed by atoms with Crippen molar-refractivity contribution < 1.29 is 4.79 Å². The first kappa shape index (κ1) is 21.2. The molecule has 0 aliphatic heterocycles. The van der Waals surface area contributed by atoms with Crippen LogP contribution in [0.3, 0.4) is 0 Å². The predicted octanol–water partition coefficient (Wildman–Crippen LogP) is 6.02. The van der Waals surface area contributed by atoms with Gasteiger partial charge in [-0.1, -0.05) is 48.3 Å². The van der Waals surface area contributed by atoms with E-state index in [1.54, 1.807) is 29.5 Å². The summed E-state index contributed by atoms with van der Waals surface area (Å²) in [5.41, 5.74) is 1.57. The van der Waals surface area contributed by atoms with Crippen molar-refractivity contribution in [1.82, 2.24) is 14.8 Å². The van der Waals surface area contributed by atoms with Crippen molar-refractivity contribution in [3.63, 3.8) is 0 Å². The number of carbonyl (C=O) groups is 1. The third-order valence-corrected chi connectivity index (χ3v) is 6.50. The summed E-state index contributed by atoms with van der Waals surface area (Å²) in [7, 11) is 0. The molecule has 0 aliphatic carbocycles. The van der Waals surface area contributed by atoms with Crippen LogP contribution in [0.4, 0.5) is 5.69 Å². The number of aromatic nitrogens is 3. The van der Waals surface area contributed by atoms with E-state index in [-0.39, 0.29) is 11.7 Å². The van der Waals surface area contributed by atoms with Crippen molar-refractivity contribution in [2.75, 3.05) is 11.1 Å². The zero-order valence-corrected chi connectivity index (χ0v) is 18.7. The van der Waals surface area contributed by atoms with Crippen molar-refractivity contribution in [3.8, 4) is 11.4 Å². The minimum atomic E-state index is -0.179. The standard InChI is InChI=1S/C19H20Cl2N4OS2/c1-3-5-14-8-12(10-27-14)18-23-24-19(25(18)4-2)28-11-17(26)22-16-9-13(20)6-7-15(16)21/h6-10H,3-5,11H2,1-2H3,(H,22,26). The molecule has 0 fully saturated rings. The summed E-state index contributed by atoms with van der Waals surface area (Å²) < 4.78 is 2.03. The quantitative estimate of drug-likeness (QED) is 0.422. The second-order valence-corrected chi connectivity index (χ2v) is 8.85. The Morgan fingerprint density at radius 1 is 1.25 bits per heavy atom. The molecule has 0 unspecified atom stereocenters. The molecule has 2 heterocycles. The van der Waals surface area contributed by atoms with E-state index >= 15 is 0 Å². The van der Waals surface area contributed by atoms with E-state index in [0.717, 1.165) is 30.8 Å². The van der Waals surface area contributed by atoms with Crippen LogP contribution in [0.5, 0.6) is 0 Å². The van der Waals surface area contributed by atoms with Gasteiger partial charge in [-0.05, 0) is 37.6 Å². The van der Waals surface area contributed by atoms with Crippen molar-refractivity contribution in [2.24, 2.45) is 0 Å². The van der Waals surface area contributed by atoms with Crippen molar-refractivity contribution >= 4 is 57.9 Å². The van der Waals surface area contributed by atoms with E-state index in [0.29, 0.717) is 20.9 Å². The van der Waals surface area contributed by atoms with Crippen LogP contribution in [0, 0.1) is 0 Å². The molecule has 0 saturated carbocycles. The van der Waals surface area contributed by atoms with Crippen LogP contribution in [-0.2, 0) is 17.8 Å². The lowest BCUT2D eigenvalue weighted by atomic mass is 10.2. The molecule has 0 atom stereocenters. The Morgan fingerprint density at radius 3 is 2.82 bits per heavy atom. The van der Waals surface area contributed by atoms with Crippen molar-refractivity contribution in [2.45, 2.75) is 38.4 Å². The molecule has 5 nitrogen and oxygen atoms in total. The minimum Gasteiger partial charge on any atom is -0.324 e. The van der Waals surface area contributed by atoms with Crippen LogP contribution in [0.15, 0.2) is 34.8 Å². The number of aryl methyl sites for hydroxylation is 1. The molecule has 1 aromatic carbocycles. The van der Waals surface area contributed by atoms with Gasteiger partial charge in [-0.2, -0.15) is 0 Å². The van der Waals surface area contributed by atoms with Crippen molar-refractivity contribution in [1.29, 1.82) is 0 Å². The number of rotatable bonds is 8. The van der Waals surface area contributed by atoms with Crippen LogP contribution in [0.25, 0.3) is 11.4 Å². The molecular formula is C19H20Cl2N4OS2. The zero-order chi connectivity index (χ0) is 20.1. The lowest BCUT2D eigenvalue weighted by Gasteiger charge is -2.08. The third kappa shape index (κ3) is 5.08. The first-order valence-corrected chi connectivity index (χ1v) is 11.5. The van der Waals surface area contributed by atoms with Crippen LogP contribution >= 0.6 is 46.3 Å². The van der Waals surface area contributed by atoms with Gasteiger partial charge in [0.2, 0.25) is 5.91 Å². The van der Waals surface area contributed by atoms with Gasteiger partial charge in [0.1, 0.15) is 0 Å². The lowest BCUT2D eigenvalue weighted by Crippen LogP contribution is -2.15. The minimum absolute atomic E-state index is 0.179. The largest absolute Gasteiger partial charge is 0.324 e. The van der Waals surface area contributed by atoms with Crippen LogP contribution in [0.1, 0.15) is 25.1 Å². The molecule has 0 aliphatic rings. The summed E-state index contributed by atoms with van der Waals surface area (Å²) in [6, 6.07) is 7.13. The number of thiophene rings is 1. The molecule has 1 amide bonds. The Morgan fingerprint density at radius 2 is 2.07 bits per heavy atom. The topological polar surface area (TPSA) is 59.8 Å². The number of carbonyl (C=O) groups excluding carboxylic acids is 1. The van der Waals surface area contributed by atoms with E-state index in [9.17, 15) is 4.79 Å². The monoisotopic (exact) mass is 454 g/mol. The van der Waals surface area contributed by atoms with E-state index < -0.39 is 0 Å². The fraction of sp³-hybridized carbons (Fsp3) is 0.316. The Bertz CT molecular complexity index is 971. The molecule has 1 N–H and O–H groups in total. The highest BCUT2D eigenvalue weighted by molar-refractivity contribution is 7.99. The first-order chi connectivity index (χ1) is 13.5. The number of benzene rings is 1. The molecule has 0 spiro atoms. The lowest BCUT2D eigenvalue weighted by molar-refractivity contribution is -0.113. The van der Waals surface area contributed by atoms with Crippen LogP contribution in [0.2, 0.25) is 10.0 Å². The average molecular weight is 455 g/mol. The second kappa shape index (κ2) is 9.78. The number of nitrogens with zero attached hydrogens (tertiary/aromatic N) is 3. The van der Waals surface area contributed by atoms with Gasteiger partial charge in [-0.15, -0.1) is 21.5 Å². The van der Waals surface area contributed by atoms with Gasteiger partial charge in [0.05, 0.1) is 16.5 Å². The molecule has 9 heteroatoms. The smallest absolute Gasteiger partial charge is 0.234 e. The number of hydrogen-bond acceptors (Lipinski definition) is 5. The molecule has 148 valence electrons. The third-order valence-electron chi connectivity index (χ3n) is 3.98. The van der Waals surface area contributed by atoms with Gasteiger partial charge in [-0.3, -0.25) is 4.79 Å². The van der Waals surface area contributed by atoms with Crippen LogP contribution in [-0.4, -0.2) is 26.4 Å². The van der Waals surface area contributed by atoms with E-state index in [4.69, 9.17) is 23.2 Å². The molecule has 2 aromatic heterocycles. The maximum atomic E-state index is 12.3. The van der Waals surface area contributed by atoms with Gasteiger partial charge in [0.25, 0.3) is 0 Å². The summed E-state index contributed by atoms with van der Waals surface area (Å²) in [4.78, 5) is 13.7. The summed E-state index contributed by atoms with van der Waals surface area (Å²) >= 11 is 15.1. The molecule has 0 saturated heterocycles. The van der Waals surface area contributed by atoms with E-state index in [1.165, 1.54) is 16.6 Å². The van der Waals surface area contributed by atoms with Gasteiger partial charge in [-0.25, -0.2) is 0 Å². The number of thioether (sulfide) groups is 1. The summed E-state index contributed by atoms with van der Waals surface area (Å²) in [5, 5.41) is 15.2. The number of hydrogen-bond donors (Lipinski definition) is 1. The summed E-state index contributed by atoms with van der Waals surface area (Å²) in [6.45, 7) is 4.94. The number of nitrogens with one attached hydrogen (secondary N) is 1. The Kier molecular flexibility index (Phi) is 7.40. The Balaban J connectivity index is 1.68. The SMILES string of the molecule is CCCc1cc(-c2nnc(SCC(=O)Nc3cc(Cl)ccc3Cl)n2CC)cs1. The highest BCUT2D eigenvalue weighted by Gasteiger charge is 2.16. The van der Waals surface area contributed by atoms with E-state index in [2.05, 4.69) is 33.9 Å². The average Bonchev–Trinajstić information content (AvgIpc) is 3.29. The molecular weight excluding hydrogens is 435 g/mol. The van der Waals surface area contributed by atoms with Crippen LogP contribution < -0.4 is 5.32 Å². The molecule has 3 rings (SSSR count). The van der Waals surface area contributed by atoms with Gasteiger partial charge < -0.3 is 9.88 Å². The number of anilines is 1. The molecule has 0 radical (unpaired) electrons.